The third-order valence-corrected chi connectivity index (χ3v) is 2.82. The van der Waals surface area contributed by atoms with Crippen LogP contribution in [0.15, 0.2) is 42.5 Å². The fourth-order valence-electron chi connectivity index (χ4n) is 2.11. The maximum Gasteiger partial charge on any atom is 0.0394 e. The summed E-state index contributed by atoms with van der Waals surface area (Å²) in [5, 5.41) is 0. The molecule has 0 heterocycles. The lowest BCUT2D eigenvalue weighted by atomic mass is 9.93. The molecule has 2 N–H and O–H groups in total. The first kappa shape index (κ1) is 10.2. The van der Waals surface area contributed by atoms with Crippen LogP contribution >= 0.6 is 0 Å². The quantitative estimate of drug-likeness (QED) is 0.778. The van der Waals surface area contributed by atoms with Gasteiger partial charge in [0.05, 0.1) is 0 Å². The van der Waals surface area contributed by atoms with Crippen LogP contribution in [0.3, 0.4) is 0 Å². The molecule has 0 spiro atoms. The second kappa shape index (κ2) is 4.03. The van der Waals surface area contributed by atoms with Crippen LogP contribution in [-0.4, -0.2) is 0 Å². The summed E-state index contributed by atoms with van der Waals surface area (Å²) < 4.78 is 0. The van der Waals surface area contributed by atoms with Gasteiger partial charge in [0.25, 0.3) is 0 Å². The molecule has 1 heteroatoms. The Morgan fingerprint density at radius 1 is 1.00 bits per heavy atom. The van der Waals surface area contributed by atoms with Crippen LogP contribution in [0.1, 0.15) is 22.7 Å². The zero-order chi connectivity index (χ0) is 10.8. The summed E-state index contributed by atoms with van der Waals surface area (Å²) in [4.78, 5) is 0. The van der Waals surface area contributed by atoms with Crippen molar-refractivity contribution in [2.24, 2.45) is 11.7 Å². The van der Waals surface area contributed by atoms with Crippen molar-refractivity contribution in [3.05, 3.63) is 59.2 Å². The van der Waals surface area contributed by atoms with Crippen LogP contribution in [0.2, 0.25) is 0 Å². The molecule has 78 valence electrons. The first-order valence-corrected chi connectivity index (χ1v) is 5.35. The van der Waals surface area contributed by atoms with Crippen molar-refractivity contribution in [1.29, 1.82) is 0 Å². The van der Waals surface area contributed by atoms with Gasteiger partial charge in [0.15, 0.2) is 0 Å². The summed E-state index contributed by atoms with van der Waals surface area (Å²) in [7, 11) is 0. The molecule has 1 atom stereocenters. The predicted octanol–water partition coefficient (Wildman–Crippen LogP) is 3.05. The molecule has 0 fully saturated rings. The third-order valence-electron chi connectivity index (χ3n) is 2.82. The van der Waals surface area contributed by atoms with Crippen molar-refractivity contribution in [1.82, 2.24) is 0 Å². The molecule has 0 saturated carbocycles. The van der Waals surface area contributed by atoms with E-state index in [1.807, 2.05) is 0 Å². The van der Waals surface area contributed by atoms with Gasteiger partial charge in [-0.1, -0.05) is 53.6 Å². The Hall–Kier alpha value is -1.34. The number of nitrogens with two attached hydrogens (primary N) is 1. The Morgan fingerprint density at radius 2 is 1.53 bits per heavy atom. The minimum atomic E-state index is 0.0820. The number of rotatable bonds is 2. The van der Waals surface area contributed by atoms with Crippen LogP contribution in [0.4, 0.5) is 0 Å². The van der Waals surface area contributed by atoms with Crippen LogP contribution in [0.5, 0.6) is 0 Å². The minimum absolute atomic E-state index is 0.0820. The van der Waals surface area contributed by atoms with Gasteiger partial charge in [0, 0.05) is 12.0 Å². The Morgan fingerprint density at radius 3 is 2.07 bits per heavy atom. The fourth-order valence-corrected chi connectivity index (χ4v) is 2.11. The number of hydrogen-bond donors (Lipinski definition) is 1. The van der Waals surface area contributed by atoms with Crippen LogP contribution < -0.4 is 5.73 Å². The van der Waals surface area contributed by atoms with E-state index in [1.165, 1.54) is 16.7 Å². The summed E-state index contributed by atoms with van der Waals surface area (Å²) in [6, 6.07) is 6.62. The Labute approximate surface area is 91.3 Å². The lowest BCUT2D eigenvalue weighted by Gasteiger charge is -2.17. The highest BCUT2D eigenvalue weighted by Crippen LogP contribution is 2.26. The van der Waals surface area contributed by atoms with Gasteiger partial charge in [-0.15, -0.1) is 0 Å². The molecule has 2 rings (SSSR count). The van der Waals surface area contributed by atoms with Crippen molar-refractivity contribution in [3.8, 4) is 0 Å². The summed E-state index contributed by atoms with van der Waals surface area (Å²) in [6.45, 7) is 4.23. The molecule has 0 amide bonds. The summed E-state index contributed by atoms with van der Waals surface area (Å²) in [5.41, 5.74) is 10.0. The molecular weight excluding hydrogens is 182 g/mol. The predicted molar refractivity (Wildman–Crippen MR) is 64.6 cm³/mol. The third kappa shape index (κ3) is 2.18. The highest BCUT2D eigenvalue weighted by Gasteiger charge is 2.16. The second-order valence-electron chi connectivity index (χ2n) is 4.29. The summed E-state index contributed by atoms with van der Waals surface area (Å²) in [5.74, 6) is 0.353. The van der Waals surface area contributed by atoms with E-state index in [-0.39, 0.29) is 6.04 Å². The molecule has 0 unspecified atom stereocenters. The second-order valence-corrected chi connectivity index (χ2v) is 4.29. The Bertz CT molecular complexity index is 383. The fraction of sp³-hybridized carbons (Fsp3) is 0.286. The molecule has 1 aromatic carbocycles. The van der Waals surface area contributed by atoms with Crippen molar-refractivity contribution in [2.75, 3.05) is 0 Å². The molecule has 1 aliphatic rings. The van der Waals surface area contributed by atoms with Crippen molar-refractivity contribution >= 4 is 0 Å². The van der Waals surface area contributed by atoms with E-state index >= 15 is 0 Å². The van der Waals surface area contributed by atoms with Gasteiger partial charge >= 0.3 is 0 Å². The molecule has 0 aromatic heterocycles. The van der Waals surface area contributed by atoms with Gasteiger partial charge in [-0.25, -0.2) is 0 Å². The molecule has 0 radical (unpaired) electrons. The van der Waals surface area contributed by atoms with Gasteiger partial charge in [-0.2, -0.15) is 0 Å². The molecule has 0 saturated heterocycles. The lowest BCUT2D eigenvalue weighted by Crippen LogP contribution is -2.17. The zero-order valence-electron chi connectivity index (χ0n) is 9.27. The van der Waals surface area contributed by atoms with Gasteiger partial charge < -0.3 is 5.73 Å². The monoisotopic (exact) mass is 199 g/mol. The highest BCUT2D eigenvalue weighted by atomic mass is 14.6. The molecule has 1 aliphatic carbocycles. The number of benzene rings is 1. The molecule has 1 aromatic rings. The van der Waals surface area contributed by atoms with E-state index in [2.05, 4.69) is 56.4 Å². The molecule has 0 bridgehead atoms. The van der Waals surface area contributed by atoms with Crippen molar-refractivity contribution < 1.29 is 0 Å². The van der Waals surface area contributed by atoms with E-state index in [9.17, 15) is 0 Å². The van der Waals surface area contributed by atoms with Gasteiger partial charge in [0.2, 0.25) is 0 Å². The molecule has 0 aliphatic heterocycles. The zero-order valence-corrected chi connectivity index (χ0v) is 9.27. The van der Waals surface area contributed by atoms with Crippen molar-refractivity contribution in [2.45, 2.75) is 19.9 Å². The van der Waals surface area contributed by atoms with E-state index in [0.717, 1.165) is 0 Å². The van der Waals surface area contributed by atoms with Crippen LogP contribution in [-0.2, 0) is 0 Å². The highest BCUT2D eigenvalue weighted by molar-refractivity contribution is 5.33. The molecule has 1 nitrogen and oxygen atoms in total. The maximum atomic E-state index is 6.24. The van der Waals surface area contributed by atoms with Gasteiger partial charge in [-0.05, 0) is 19.4 Å². The average molecular weight is 199 g/mol. The summed E-state index contributed by atoms with van der Waals surface area (Å²) >= 11 is 0. The minimum Gasteiger partial charge on any atom is -0.323 e. The molecule has 15 heavy (non-hydrogen) atoms. The number of allylic oxidation sites excluding steroid dienone is 2. The van der Waals surface area contributed by atoms with Crippen LogP contribution in [0, 0.1) is 19.8 Å². The topological polar surface area (TPSA) is 26.0 Å². The van der Waals surface area contributed by atoms with E-state index < -0.39 is 0 Å². The Kier molecular flexibility index (Phi) is 2.74. The number of aryl methyl sites for hydroxylation is 2. The SMILES string of the molecule is Cc1cc(C)cc([C@@H](N)C2C=CC=C2)c1. The van der Waals surface area contributed by atoms with E-state index in [1.54, 1.807) is 0 Å². The van der Waals surface area contributed by atoms with Gasteiger partial charge in [-0.3, -0.25) is 0 Å². The lowest BCUT2D eigenvalue weighted by molar-refractivity contribution is 0.623. The Balaban J connectivity index is 2.28. The van der Waals surface area contributed by atoms with Crippen molar-refractivity contribution in [3.63, 3.8) is 0 Å². The maximum absolute atomic E-state index is 6.24. The van der Waals surface area contributed by atoms with E-state index in [4.69, 9.17) is 5.73 Å². The normalized spacial score (nSPS) is 17.3. The summed E-state index contributed by atoms with van der Waals surface area (Å²) in [6.07, 6.45) is 8.44. The van der Waals surface area contributed by atoms with Gasteiger partial charge in [0.1, 0.15) is 0 Å². The largest absolute Gasteiger partial charge is 0.323 e. The van der Waals surface area contributed by atoms with E-state index in [0.29, 0.717) is 5.92 Å². The standard InChI is InChI=1S/C14H17N/c1-10-7-11(2)9-13(8-10)14(15)12-5-3-4-6-12/h3-9,12,14H,15H2,1-2H3/t14-/m0/s1. The van der Waals surface area contributed by atoms with Crippen LogP contribution in [0.25, 0.3) is 0 Å². The number of hydrogen-bond acceptors (Lipinski definition) is 1. The average Bonchev–Trinajstić information content (AvgIpc) is 2.67. The first-order chi connectivity index (χ1) is 7.16. The first-order valence-electron chi connectivity index (χ1n) is 5.35. The molecular formula is C14H17N. The smallest absolute Gasteiger partial charge is 0.0394 e.